The Morgan fingerprint density at radius 1 is 1.07 bits per heavy atom. The third-order valence-corrected chi connectivity index (χ3v) is 3.43. The summed E-state index contributed by atoms with van der Waals surface area (Å²) in [6.45, 7) is 4.50. The molecule has 0 spiro atoms. The van der Waals surface area contributed by atoms with Crippen LogP contribution < -0.4 is 0 Å². The second kappa shape index (κ2) is 6.99. The minimum absolute atomic E-state index is 1.19. The maximum absolute atomic E-state index is 4.46. The quantitative estimate of drug-likeness (QED) is 0.615. The standard InChI is InChI=1S/C12H21NS/c1-3-5-7-8-11-12(9-6-4-2)14-10-13-11/h10H,3-9H2,1-2H3. The van der Waals surface area contributed by atoms with Gasteiger partial charge in [-0.3, -0.25) is 0 Å². The van der Waals surface area contributed by atoms with Gasteiger partial charge in [-0.1, -0.05) is 33.1 Å². The summed E-state index contributed by atoms with van der Waals surface area (Å²) in [5, 5.41) is 0. The molecular weight excluding hydrogens is 190 g/mol. The summed E-state index contributed by atoms with van der Waals surface area (Å²) in [5.74, 6) is 0. The molecule has 0 aliphatic heterocycles. The fraction of sp³-hybridized carbons (Fsp3) is 0.750. The normalized spacial score (nSPS) is 10.7. The van der Waals surface area contributed by atoms with Crippen molar-refractivity contribution in [2.45, 2.75) is 58.8 Å². The third-order valence-electron chi connectivity index (χ3n) is 2.50. The van der Waals surface area contributed by atoms with Gasteiger partial charge in [0.25, 0.3) is 0 Å². The van der Waals surface area contributed by atoms with Crippen LogP contribution in [0.5, 0.6) is 0 Å². The van der Waals surface area contributed by atoms with E-state index in [9.17, 15) is 0 Å². The molecule has 0 saturated carbocycles. The van der Waals surface area contributed by atoms with Crippen LogP contribution in [0.4, 0.5) is 0 Å². The Hall–Kier alpha value is -0.370. The average molecular weight is 211 g/mol. The molecule has 1 heterocycles. The Morgan fingerprint density at radius 3 is 2.57 bits per heavy atom. The first-order valence-corrected chi connectivity index (χ1v) is 6.67. The van der Waals surface area contributed by atoms with Gasteiger partial charge in [-0.25, -0.2) is 4.98 Å². The maximum Gasteiger partial charge on any atom is 0.0797 e. The van der Waals surface area contributed by atoms with Crippen molar-refractivity contribution in [2.75, 3.05) is 0 Å². The van der Waals surface area contributed by atoms with E-state index in [4.69, 9.17) is 0 Å². The molecule has 0 aliphatic carbocycles. The summed E-state index contributed by atoms with van der Waals surface area (Å²) < 4.78 is 0. The number of aromatic nitrogens is 1. The van der Waals surface area contributed by atoms with Crippen molar-refractivity contribution in [2.24, 2.45) is 0 Å². The predicted octanol–water partition coefficient (Wildman–Crippen LogP) is 4.22. The largest absolute Gasteiger partial charge is 0.249 e. The van der Waals surface area contributed by atoms with Crippen molar-refractivity contribution < 1.29 is 0 Å². The van der Waals surface area contributed by atoms with E-state index in [0.29, 0.717) is 0 Å². The van der Waals surface area contributed by atoms with Crippen molar-refractivity contribution in [1.29, 1.82) is 0 Å². The minimum Gasteiger partial charge on any atom is -0.249 e. The molecule has 1 rings (SSSR count). The second-order valence-electron chi connectivity index (χ2n) is 3.78. The molecule has 1 aromatic rings. The number of thiazole rings is 1. The van der Waals surface area contributed by atoms with Crippen molar-refractivity contribution in [3.63, 3.8) is 0 Å². The Balaban J connectivity index is 2.37. The summed E-state index contributed by atoms with van der Waals surface area (Å²) in [4.78, 5) is 5.99. The van der Waals surface area contributed by atoms with E-state index >= 15 is 0 Å². The smallest absolute Gasteiger partial charge is 0.0797 e. The van der Waals surface area contributed by atoms with Crippen LogP contribution in [0.15, 0.2) is 5.51 Å². The van der Waals surface area contributed by atoms with Crippen molar-refractivity contribution >= 4 is 11.3 Å². The van der Waals surface area contributed by atoms with Gasteiger partial charge in [0.1, 0.15) is 0 Å². The minimum atomic E-state index is 1.19. The molecule has 0 unspecified atom stereocenters. The molecule has 14 heavy (non-hydrogen) atoms. The molecule has 80 valence electrons. The van der Waals surface area contributed by atoms with Crippen molar-refractivity contribution in [3.05, 3.63) is 16.1 Å². The first-order chi connectivity index (χ1) is 6.88. The molecule has 0 aliphatic rings. The zero-order valence-electron chi connectivity index (χ0n) is 9.38. The number of hydrogen-bond donors (Lipinski definition) is 0. The fourth-order valence-corrected chi connectivity index (χ4v) is 2.44. The highest BCUT2D eigenvalue weighted by molar-refractivity contribution is 7.09. The molecule has 0 aromatic carbocycles. The maximum atomic E-state index is 4.46. The highest BCUT2D eigenvalue weighted by Crippen LogP contribution is 2.18. The molecule has 2 heteroatoms. The zero-order chi connectivity index (χ0) is 10.2. The number of unbranched alkanes of at least 4 members (excludes halogenated alkanes) is 3. The van der Waals surface area contributed by atoms with Gasteiger partial charge < -0.3 is 0 Å². The highest BCUT2D eigenvalue weighted by atomic mass is 32.1. The topological polar surface area (TPSA) is 12.9 Å². The predicted molar refractivity (Wildman–Crippen MR) is 64.0 cm³/mol. The van der Waals surface area contributed by atoms with Crippen LogP contribution in [0, 0.1) is 0 Å². The van der Waals surface area contributed by atoms with E-state index < -0.39 is 0 Å². The Labute approximate surface area is 91.6 Å². The van der Waals surface area contributed by atoms with Gasteiger partial charge in [0, 0.05) is 4.88 Å². The van der Waals surface area contributed by atoms with E-state index in [1.807, 2.05) is 16.8 Å². The Morgan fingerprint density at radius 2 is 1.86 bits per heavy atom. The van der Waals surface area contributed by atoms with Gasteiger partial charge in [0.2, 0.25) is 0 Å². The van der Waals surface area contributed by atoms with Crippen LogP contribution in [0.3, 0.4) is 0 Å². The lowest BCUT2D eigenvalue weighted by atomic mass is 10.1. The van der Waals surface area contributed by atoms with Crippen LogP contribution in [0.1, 0.15) is 56.5 Å². The number of rotatable bonds is 7. The second-order valence-corrected chi connectivity index (χ2v) is 4.72. The van der Waals surface area contributed by atoms with Crippen molar-refractivity contribution in [3.8, 4) is 0 Å². The molecule has 0 N–H and O–H groups in total. The van der Waals surface area contributed by atoms with Crippen LogP contribution in [0.2, 0.25) is 0 Å². The summed E-state index contributed by atoms with van der Waals surface area (Å²) in [6, 6.07) is 0. The third kappa shape index (κ3) is 3.79. The molecule has 1 nitrogen and oxygen atoms in total. The van der Waals surface area contributed by atoms with E-state index in [1.165, 1.54) is 55.5 Å². The first-order valence-electron chi connectivity index (χ1n) is 5.79. The number of nitrogens with zero attached hydrogens (tertiary/aromatic N) is 1. The zero-order valence-corrected chi connectivity index (χ0v) is 10.2. The summed E-state index contributed by atoms with van der Waals surface area (Å²) >= 11 is 1.84. The first kappa shape index (κ1) is 11.7. The highest BCUT2D eigenvalue weighted by Gasteiger charge is 2.04. The van der Waals surface area contributed by atoms with E-state index in [2.05, 4.69) is 18.8 Å². The van der Waals surface area contributed by atoms with Crippen LogP contribution >= 0.6 is 11.3 Å². The molecule has 0 atom stereocenters. The summed E-state index contributed by atoms with van der Waals surface area (Å²) in [5.41, 5.74) is 3.38. The van der Waals surface area contributed by atoms with Crippen molar-refractivity contribution in [1.82, 2.24) is 4.98 Å². The lowest BCUT2D eigenvalue weighted by Gasteiger charge is -2.00. The van der Waals surface area contributed by atoms with Gasteiger partial charge in [0.05, 0.1) is 11.2 Å². The fourth-order valence-electron chi connectivity index (χ4n) is 1.58. The van der Waals surface area contributed by atoms with Crippen LogP contribution in [-0.4, -0.2) is 4.98 Å². The lowest BCUT2D eigenvalue weighted by molar-refractivity contribution is 0.701. The average Bonchev–Trinajstić information content (AvgIpc) is 2.63. The van der Waals surface area contributed by atoms with Gasteiger partial charge in [0.15, 0.2) is 0 Å². The molecule has 0 amide bonds. The Kier molecular flexibility index (Phi) is 5.85. The lowest BCUT2D eigenvalue weighted by Crippen LogP contribution is -1.91. The molecule has 0 fully saturated rings. The monoisotopic (exact) mass is 211 g/mol. The summed E-state index contributed by atoms with van der Waals surface area (Å²) in [6.07, 6.45) is 8.97. The van der Waals surface area contributed by atoms with Gasteiger partial charge in [-0.15, -0.1) is 11.3 Å². The van der Waals surface area contributed by atoms with Gasteiger partial charge in [-0.05, 0) is 25.7 Å². The molecule has 1 aromatic heterocycles. The van der Waals surface area contributed by atoms with E-state index in [1.54, 1.807) is 0 Å². The molecular formula is C12H21NS. The van der Waals surface area contributed by atoms with Crippen LogP contribution in [-0.2, 0) is 12.8 Å². The molecule has 0 saturated heterocycles. The SMILES string of the molecule is CCCCCc1ncsc1CCCC. The van der Waals surface area contributed by atoms with Gasteiger partial charge in [-0.2, -0.15) is 0 Å². The number of aryl methyl sites for hydroxylation is 2. The molecule has 0 radical (unpaired) electrons. The number of hydrogen-bond acceptors (Lipinski definition) is 2. The van der Waals surface area contributed by atoms with Gasteiger partial charge >= 0.3 is 0 Å². The van der Waals surface area contributed by atoms with Crippen LogP contribution in [0.25, 0.3) is 0 Å². The Bertz CT molecular complexity index is 242. The summed E-state index contributed by atoms with van der Waals surface area (Å²) in [7, 11) is 0. The molecule has 0 bridgehead atoms. The van der Waals surface area contributed by atoms with E-state index in [-0.39, 0.29) is 0 Å². The van der Waals surface area contributed by atoms with E-state index in [0.717, 1.165) is 0 Å².